The predicted molar refractivity (Wildman–Crippen MR) is 121 cm³/mol. The first-order chi connectivity index (χ1) is 14.8. The van der Waals surface area contributed by atoms with Crippen molar-refractivity contribution in [2.75, 3.05) is 26.2 Å². The van der Waals surface area contributed by atoms with E-state index >= 15 is 0 Å². The Bertz CT molecular complexity index is 1180. The highest BCUT2D eigenvalue weighted by atomic mass is 32.2. The van der Waals surface area contributed by atoms with Gasteiger partial charge in [0.05, 0.1) is 4.90 Å². The van der Waals surface area contributed by atoms with Crippen molar-refractivity contribution in [2.24, 2.45) is 0 Å². The third-order valence-electron chi connectivity index (χ3n) is 5.59. The Labute approximate surface area is 183 Å². The van der Waals surface area contributed by atoms with Gasteiger partial charge in [0.15, 0.2) is 6.10 Å². The molecule has 0 aromatic heterocycles. The number of benzene rings is 3. The average Bonchev–Trinajstić information content (AvgIpc) is 2.79. The zero-order valence-corrected chi connectivity index (χ0v) is 18.5. The van der Waals surface area contributed by atoms with Crippen LogP contribution < -0.4 is 4.74 Å². The summed E-state index contributed by atoms with van der Waals surface area (Å²) < 4.78 is 33.0. The summed E-state index contributed by atoms with van der Waals surface area (Å²) in [5.41, 5.74) is 1.01. The van der Waals surface area contributed by atoms with Crippen molar-refractivity contribution in [3.05, 3.63) is 72.3 Å². The highest BCUT2D eigenvalue weighted by Gasteiger charge is 2.32. The molecule has 3 aromatic rings. The molecule has 1 amide bonds. The number of sulfonamides is 1. The number of hydrogen-bond donors (Lipinski definition) is 0. The van der Waals surface area contributed by atoms with Crippen LogP contribution in [0.3, 0.4) is 0 Å². The molecule has 1 atom stereocenters. The number of carbonyl (C=O) groups is 1. The molecule has 1 aliphatic heterocycles. The van der Waals surface area contributed by atoms with Crippen LogP contribution in [-0.4, -0.2) is 55.8 Å². The first-order valence-electron chi connectivity index (χ1n) is 10.4. The lowest BCUT2D eigenvalue weighted by atomic mass is 10.1. The molecule has 0 N–H and O–H groups in total. The summed E-state index contributed by atoms with van der Waals surface area (Å²) >= 11 is 0. The zero-order valence-electron chi connectivity index (χ0n) is 17.7. The van der Waals surface area contributed by atoms with Crippen molar-refractivity contribution in [1.82, 2.24) is 9.21 Å². The number of piperazine rings is 1. The second-order valence-electron chi connectivity index (χ2n) is 7.81. The Morgan fingerprint density at radius 1 is 0.903 bits per heavy atom. The summed E-state index contributed by atoms with van der Waals surface area (Å²) in [6, 6.07) is 20.6. The first kappa shape index (κ1) is 21.3. The Balaban J connectivity index is 1.37. The van der Waals surface area contributed by atoms with Gasteiger partial charge < -0.3 is 9.64 Å². The van der Waals surface area contributed by atoms with Crippen molar-refractivity contribution in [3.8, 4) is 5.75 Å². The molecule has 4 rings (SSSR count). The quantitative estimate of drug-likeness (QED) is 0.612. The van der Waals surface area contributed by atoms with Crippen molar-refractivity contribution >= 4 is 26.7 Å². The van der Waals surface area contributed by atoms with Gasteiger partial charge in [0.25, 0.3) is 5.91 Å². The molecule has 1 fully saturated rings. The maximum absolute atomic E-state index is 12.9. The molecule has 0 saturated carbocycles. The van der Waals surface area contributed by atoms with Gasteiger partial charge in [-0.1, -0.05) is 48.0 Å². The van der Waals surface area contributed by atoms with Crippen LogP contribution >= 0.6 is 0 Å². The average molecular weight is 439 g/mol. The molecule has 1 heterocycles. The van der Waals surface area contributed by atoms with Crippen LogP contribution in [0, 0.1) is 6.92 Å². The second-order valence-corrected chi connectivity index (χ2v) is 9.75. The molecule has 0 radical (unpaired) electrons. The number of rotatable bonds is 5. The van der Waals surface area contributed by atoms with E-state index in [0.717, 1.165) is 16.3 Å². The van der Waals surface area contributed by atoms with Crippen LogP contribution in [0.5, 0.6) is 5.75 Å². The van der Waals surface area contributed by atoms with Gasteiger partial charge >= 0.3 is 0 Å². The number of fused-ring (bicyclic) bond motifs is 1. The molecule has 3 aromatic carbocycles. The summed E-state index contributed by atoms with van der Waals surface area (Å²) in [6.45, 7) is 4.87. The number of aryl methyl sites for hydroxylation is 1. The highest BCUT2D eigenvalue weighted by Crippen LogP contribution is 2.23. The summed E-state index contributed by atoms with van der Waals surface area (Å²) in [6.07, 6.45) is -0.651. The minimum Gasteiger partial charge on any atom is -0.481 e. The lowest BCUT2D eigenvalue weighted by molar-refractivity contribution is -0.139. The molecular weight excluding hydrogens is 412 g/mol. The van der Waals surface area contributed by atoms with Crippen LogP contribution in [0.4, 0.5) is 0 Å². The summed E-state index contributed by atoms with van der Waals surface area (Å²) in [5, 5.41) is 2.16. The smallest absolute Gasteiger partial charge is 0.263 e. The molecule has 162 valence electrons. The van der Waals surface area contributed by atoms with Crippen molar-refractivity contribution < 1.29 is 17.9 Å². The van der Waals surface area contributed by atoms with Crippen LogP contribution in [0.15, 0.2) is 71.6 Å². The Morgan fingerprint density at radius 2 is 1.55 bits per heavy atom. The molecule has 1 saturated heterocycles. The molecule has 6 nitrogen and oxygen atoms in total. The normalized spacial score (nSPS) is 16.3. The van der Waals surface area contributed by atoms with E-state index in [1.165, 1.54) is 4.31 Å². The molecule has 7 heteroatoms. The predicted octanol–water partition coefficient (Wildman–Crippen LogP) is 3.45. The number of hydrogen-bond acceptors (Lipinski definition) is 4. The fraction of sp³-hybridized carbons (Fsp3) is 0.292. The monoisotopic (exact) mass is 438 g/mol. The van der Waals surface area contributed by atoms with Crippen molar-refractivity contribution in [3.63, 3.8) is 0 Å². The van der Waals surface area contributed by atoms with E-state index in [4.69, 9.17) is 4.74 Å². The summed E-state index contributed by atoms with van der Waals surface area (Å²) in [5.74, 6) is 0.501. The number of nitrogens with zero attached hydrogens (tertiary/aromatic N) is 2. The molecule has 0 bridgehead atoms. The van der Waals surface area contributed by atoms with E-state index in [2.05, 4.69) is 0 Å². The third kappa shape index (κ3) is 4.57. The maximum Gasteiger partial charge on any atom is 0.263 e. The highest BCUT2D eigenvalue weighted by molar-refractivity contribution is 7.89. The lowest BCUT2D eigenvalue weighted by Crippen LogP contribution is -2.53. The zero-order chi connectivity index (χ0) is 22.0. The molecular formula is C24H26N2O4S. The Kier molecular flexibility index (Phi) is 5.98. The van der Waals surface area contributed by atoms with Crippen molar-refractivity contribution in [2.45, 2.75) is 24.8 Å². The molecule has 0 aliphatic carbocycles. The van der Waals surface area contributed by atoms with Gasteiger partial charge in [-0.3, -0.25) is 4.79 Å². The standard InChI is InChI=1S/C24H26N2O4S/c1-18-7-11-23(12-8-18)31(28,29)26-15-13-25(14-16-26)24(27)19(2)30-22-10-9-20-5-3-4-6-21(20)17-22/h3-12,17,19H,13-16H2,1-2H3. The molecule has 31 heavy (non-hydrogen) atoms. The number of ether oxygens (including phenoxy) is 1. The SMILES string of the molecule is Cc1ccc(S(=O)(=O)N2CCN(C(=O)C(C)Oc3ccc4ccccc4c3)CC2)cc1. The largest absolute Gasteiger partial charge is 0.481 e. The third-order valence-corrected chi connectivity index (χ3v) is 7.50. The maximum atomic E-state index is 12.9. The molecule has 0 spiro atoms. The van der Waals surface area contributed by atoms with Gasteiger partial charge in [-0.05, 0) is 48.9 Å². The van der Waals surface area contributed by atoms with Crippen LogP contribution in [0.2, 0.25) is 0 Å². The summed E-state index contributed by atoms with van der Waals surface area (Å²) in [4.78, 5) is 14.8. The minimum absolute atomic E-state index is 0.138. The second kappa shape index (κ2) is 8.69. The number of carbonyl (C=O) groups excluding carboxylic acids is 1. The topological polar surface area (TPSA) is 66.9 Å². The number of amides is 1. The van der Waals surface area contributed by atoms with E-state index in [9.17, 15) is 13.2 Å². The van der Waals surface area contributed by atoms with E-state index in [-0.39, 0.29) is 23.9 Å². The van der Waals surface area contributed by atoms with E-state index < -0.39 is 16.1 Å². The van der Waals surface area contributed by atoms with Gasteiger partial charge in [-0.2, -0.15) is 4.31 Å². The van der Waals surface area contributed by atoms with Crippen molar-refractivity contribution in [1.29, 1.82) is 0 Å². The Hall–Kier alpha value is -2.90. The van der Waals surface area contributed by atoms with E-state index in [0.29, 0.717) is 18.8 Å². The fourth-order valence-corrected chi connectivity index (χ4v) is 5.18. The van der Waals surface area contributed by atoms with Gasteiger partial charge in [0.2, 0.25) is 10.0 Å². The minimum atomic E-state index is -3.55. The van der Waals surface area contributed by atoms with Gasteiger partial charge in [0, 0.05) is 26.2 Å². The van der Waals surface area contributed by atoms with E-state index in [1.54, 1.807) is 36.1 Å². The summed E-state index contributed by atoms with van der Waals surface area (Å²) in [7, 11) is -3.55. The van der Waals surface area contributed by atoms with E-state index in [1.807, 2.05) is 49.4 Å². The van der Waals surface area contributed by atoms with Gasteiger partial charge in [-0.25, -0.2) is 8.42 Å². The Morgan fingerprint density at radius 3 is 2.23 bits per heavy atom. The van der Waals surface area contributed by atoms with Gasteiger partial charge in [0.1, 0.15) is 5.75 Å². The fourth-order valence-electron chi connectivity index (χ4n) is 3.76. The van der Waals surface area contributed by atoms with Gasteiger partial charge in [-0.15, -0.1) is 0 Å². The molecule has 1 unspecified atom stereocenters. The van der Waals surface area contributed by atoms with Crippen LogP contribution in [0.1, 0.15) is 12.5 Å². The van der Waals surface area contributed by atoms with Crippen LogP contribution in [-0.2, 0) is 14.8 Å². The lowest BCUT2D eigenvalue weighted by Gasteiger charge is -2.35. The first-order valence-corrected chi connectivity index (χ1v) is 11.8. The van der Waals surface area contributed by atoms with Crippen LogP contribution in [0.25, 0.3) is 10.8 Å². The molecule has 1 aliphatic rings.